The molecule has 2 atom stereocenters. The Morgan fingerprint density at radius 2 is 1.80 bits per heavy atom. The van der Waals surface area contributed by atoms with Gasteiger partial charge in [0, 0.05) is 18.6 Å². The van der Waals surface area contributed by atoms with Crippen molar-refractivity contribution in [2.45, 2.75) is 58.1 Å². The Morgan fingerprint density at radius 1 is 1.07 bits per heavy atom. The molecular formula is C26H38NO3+. The molecule has 1 fully saturated rings. The van der Waals surface area contributed by atoms with E-state index >= 15 is 0 Å². The van der Waals surface area contributed by atoms with E-state index in [0.717, 1.165) is 44.0 Å². The first kappa shape index (κ1) is 22.6. The lowest BCUT2D eigenvalue weighted by molar-refractivity contribution is -0.671. The quantitative estimate of drug-likeness (QED) is 0.619. The summed E-state index contributed by atoms with van der Waals surface area (Å²) in [6.07, 6.45) is 3.45. The van der Waals surface area contributed by atoms with Crippen LogP contribution in [0.25, 0.3) is 0 Å². The Hall–Kier alpha value is -2.04. The number of rotatable bonds is 9. The summed E-state index contributed by atoms with van der Waals surface area (Å²) in [6, 6.07) is 15.3. The molecule has 164 valence electrons. The lowest BCUT2D eigenvalue weighted by Crippen LogP contribution is -2.82. The first-order valence-electron chi connectivity index (χ1n) is 11.1. The van der Waals surface area contributed by atoms with Crippen molar-refractivity contribution in [2.75, 3.05) is 27.4 Å². The maximum Gasteiger partial charge on any atom is 0.161 e. The lowest BCUT2D eigenvalue weighted by Gasteiger charge is -2.39. The molecule has 0 amide bonds. The topological polar surface area (TPSA) is 44.3 Å². The Kier molecular flexibility index (Phi) is 7.79. The van der Waals surface area contributed by atoms with Gasteiger partial charge in [0.15, 0.2) is 11.5 Å². The molecule has 0 radical (unpaired) electrons. The van der Waals surface area contributed by atoms with Crippen LogP contribution in [-0.4, -0.2) is 33.0 Å². The fraction of sp³-hybridized carbons (Fsp3) is 0.538. The third kappa shape index (κ3) is 5.99. The molecule has 1 saturated heterocycles. The van der Waals surface area contributed by atoms with E-state index in [1.54, 1.807) is 14.2 Å². The largest absolute Gasteiger partial charge is 0.493 e. The number of hydrogen-bond acceptors (Lipinski definition) is 3. The second-order valence-electron chi connectivity index (χ2n) is 9.14. The summed E-state index contributed by atoms with van der Waals surface area (Å²) in [6.45, 7) is 9.54. The van der Waals surface area contributed by atoms with Gasteiger partial charge >= 0.3 is 0 Å². The van der Waals surface area contributed by atoms with Crippen LogP contribution >= 0.6 is 0 Å². The maximum atomic E-state index is 5.99. The van der Waals surface area contributed by atoms with Crippen molar-refractivity contribution < 1.29 is 19.5 Å². The van der Waals surface area contributed by atoms with Crippen molar-refractivity contribution in [1.29, 1.82) is 0 Å². The summed E-state index contributed by atoms with van der Waals surface area (Å²) in [5.41, 5.74) is 4.04. The van der Waals surface area contributed by atoms with Crippen LogP contribution in [0.3, 0.4) is 0 Å². The van der Waals surface area contributed by atoms with Crippen molar-refractivity contribution in [3.63, 3.8) is 0 Å². The van der Waals surface area contributed by atoms with Crippen LogP contribution in [0.2, 0.25) is 0 Å². The van der Waals surface area contributed by atoms with Gasteiger partial charge in [-0.2, -0.15) is 0 Å². The molecule has 2 aromatic rings. The summed E-state index contributed by atoms with van der Waals surface area (Å²) in [7, 11) is 3.36. The van der Waals surface area contributed by atoms with Crippen molar-refractivity contribution in [3.8, 4) is 11.5 Å². The molecule has 3 rings (SSSR count). The number of quaternary nitrogens is 1. The molecule has 0 bridgehead atoms. The van der Waals surface area contributed by atoms with Gasteiger partial charge in [0.05, 0.1) is 26.4 Å². The third-order valence-corrected chi connectivity index (χ3v) is 6.32. The molecule has 1 heterocycles. The SMILES string of the molecule is COc1ccc(C[NH2+]CC[C@H](c2ccc(C)cc2)[C@H]2CCOC(C)(C)C2)cc1OC. The fourth-order valence-corrected chi connectivity index (χ4v) is 4.68. The second-order valence-corrected chi connectivity index (χ2v) is 9.14. The molecule has 1 aliphatic heterocycles. The predicted octanol–water partition coefficient (Wildman–Crippen LogP) is 4.45. The molecule has 1 aliphatic rings. The standard InChI is InChI=1S/C26H37NO3/c1-19-6-9-21(10-7-19)23(22-13-15-30-26(2,3)17-22)12-14-27-18-20-8-11-24(28-4)25(16-20)29-5/h6-11,16,22-23,27H,12-15,17-18H2,1-5H3/p+1/t22-,23+/m0/s1. The molecule has 2 N–H and O–H groups in total. The van der Waals surface area contributed by atoms with Gasteiger partial charge in [-0.15, -0.1) is 0 Å². The van der Waals surface area contributed by atoms with Gasteiger partial charge in [-0.05, 0) is 69.2 Å². The first-order valence-corrected chi connectivity index (χ1v) is 11.1. The van der Waals surface area contributed by atoms with Crippen LogP contribution in [0, 0.1) is 12.8 Å². The van der Waals surface area contributed by atoms with Gasteiger partial charge in [0.25, 0.3) is 0 Å². The van der Waals surface area contributed by atoms with Crippen LogP contribution in [0.5, 0.6) is 11.5 Å². The minimum absolute atomic E-state index is 0.0186. The van der Waals surface area contributed by atoms with E-state index in [1.807, 2.05) is 6.07 Å². The van der Waals surface area contributed by atoms with Crippen molar-refractivity contribution >= 4 is 0 Å². The number of ether oxygens (including phenoxy) is 3. The Balaban J connectivity index is 1.63. The zero-order valence-corrected chi connectivity index (χ0v) is 19.2. The average molecular weight is 413 g/mol. The lowest BCUT2D eigenvalue weighted by atomic mass is 9.75. The van der Waals surface area contributed by atoms with Gasteiger partial charge in [0.2, 0.25) is 0 Å². The molecule has 0 aromatic heterocycles. The van der Waals surface area contributed by atoms with Gasteiger partial charge < -0.3 is 19.5 Å². The molecular weight excluding hydrogens is 374 g/mol. The fourth-order valence-electron chi connectivity index (χ4n) is 4.68. The molecule has 2 aromatic carbocycles. The van der Waals surface area contributed by atoms with Crippen LogP contribution in [0.15, 0.2) is 42.5 Å². The van der Waals surface area contributed by atoms with Crippen molar-refractivity contribution in [2.24, 2.45) is 5.92 Å². The zero-order valence-electron chi connectivity index (χ0n) is 19.2. The van der Waals surface area contributed by atoms with Crippen LogP contribution < -0.4 is 14.8 Å². The van der Waals surface area contributed by atoms with Crippen LogP contribution in [-0.2, 0) is 11.3 Å². The highest BCUT2D eigenvalue weighted by molar-refractivity contribution is 5.42. The molecule has 4 heteroatoms. The smallest absolute Gasteiger partial charge is 0.161 e. The van der Waals surface area contributed by atoms with Crippen molar-refractivity contribution in [1.82, 2.24) is 0 Å². The number of hydrogen-bond donors (Lipinski definition) is 1. The van der Waals surface area contributed by atoms with E-state index < -0.39 is 0 Å². The highest BCUT2D eigenvalue weighted by atomic mass is 16.5. The summed E-state index contributed by atoms with van der Waals surface area (Å²) in [5.74, 6) is 2.83. The summed E-state index contributed by atoms with van der Waals surface area (Å²) < 4.78 is 16.8. The predicted molar refractivity (Wildman–Crippen MR) is 121 cm³/mol. The summed E-state index contributed by atoms with van der Waals surface area (Å²) in [5, 5.41) is 2.41. The molecule has 0 aliphatic carbocycles. The number of benzene rings is 2. The molecule has 30 heavy (non-hydrogen) atoms. The Morgan fingerprint density at radius 3 is 2.47 bits per heavy atom. The molecule has 0 saturated carbocycles. The molecule has 0 spiro atoms. The van der Waals surface area contributed by atoms with E-state index in [9.17, 15) is 0 Å². The van der Waals surface area contributed by atoms with Gasteiger partial charge in [-0.1, -0.05) is 29.8 Å². The number of nitrogens with two attached hydrogens (primary N) is 1. The van der Waals surface area contributed by atoms with Crippen molar-refractivity contribution in [3.05, 3.63) is 59.2 Å². The van der Waals surface area contributed by atoms with E-state index in [2.05, 4.69) is 62.5 Å². The minimum atomic E-state index is -0.0186. The normalized spacial score (nSPS) is 19.3. The monoisotopic (exact) mass is 412 g/mol. The highest BCUT2D eigenvalue weighted by Crippen LogP contribution is 2.39. The Labute approximate surface area is 181 Å². The summed E-state index contributed by atoms with van der Waals surface area (Å²) in [4.78, 5) is 0. The van der Waals surface area contributed by atoms with E-state index in [-0.39, 0.29) is 5.60 Å². The van der Waals surface area contributed by atoms with Crippen LogP contribution in [0.1, 0.15) is 55.7 Å². The number of aryl methyl sites for hydroxylation is 1. The first-order chi connectivity index (χ1) is 14.4. The van der Waals surface area contributed by atoms with Crippen LogP contribution in [0.4, 0.5) is 0 Å². The van der Waals surface area contributed by atoms with Gasteiger partial charge in [-0.25, -0.2) is 0 Å². The summed E-state index contributed by atoms with van der Waals surface area (Å²) >= 11 is 0. The maximum absolute atomic E-state index is 5.99. The second kappa shape index (κ2) is 10.3. The van der Waals surface area contributed by atoms with E-state index in [4.69, 9.17) is 14.2 Å². The van der Waals surface area contributed by atoms with E-state index in [0.29, 0.717) is 11.8 Å². The minimum Gasteiger partial charge on any atom is -0.493 e. The number of methoxy groups -OCH3 is 2. The highest BCUT2D eigenvalue weighted by Gasteiger charge is 2.34. The van der Waals surface area contributed by atoms with Gasteiger partial charge in [-0.3, -0.25) is 0 Å². The zero-order chi connectivity index (χ0) is 21.6. The third-order valence-electron chi connectivity index (χ3n) is 6.32. The average Bonchev–Trinajstić information content (AvgIpc) is 2.73. The van der Waals surface area contributed by atoms with Gasteiger partial charge in [0.1, 0.15) is 6.54 Å². The molecule has 0 unspecified atom stereocenters. The Bertz CT molecular complexity index is 800. The molecule has 4 nitrogen and oxygen atoms in total. The van der Waals surface area contributed by atoms with E-state index in [1.165, 1.54) is 23.1 Å².